The topological polar surface area (TPSA) is 59.0 Å². The number of rotatable bonds is 7. The molecular weight excluding hydrogens is 447 g/mol. The van der Waals surface area contributed by atoms with Crippen molar-refractivity contribution in [1.29, 1.82) is 0 Å². The van der Waals surface area contributed by atoms with Gasteiger partial charge in [-0.2, -0.15) is 13.2 Å². The molecule has 1 aliphatic rings. The molecule has 0 saturated carbocycles. The van der Waals surface area contributed by atoms with Gasteiger partial charge < -0.3 is 14.6 Å². The first-order chi connectivity index (χ1) is 16.2. The average molecular weight is 473 g/mol. The maximum Gasteiger partial charge on any atom is 0.401 e. The highest BCUT2D eigenvalue weighted by atomic mass is 19.4. The highest BCUT2D eigenvalue weighted by molar-refractivity contribution is 6.01. The lowest BCUT2D eigenvalue weighted by Crippen LogP contribution is -2.38. The zero-order valence-electron chi connectivity index (χ0n) is 19.0. The van der Waals surface area contributed by atoms with Crippen molar-refractivity contribution in [2.75, 3.05) is 27.3 Å². The summed E-state index contributed by atoms with van der Waals surface area (Å²) in [5, 5.41) is 10.9. The predicted molar refractivity (Wildman–Crippen MR) is 123 cm³/mol. The minimum absolute atomic E-state index is 0.0177. The second kappa shape index (κ2) is 9.54. The SMILES string of the molecule is COc1cc2c(c(OC)c1-c1cccc3c(CCC(=O)O)cccc13)CN(CC(F)(F)F)CC2. The van der Waals surface area contributed by atoms with Crippen molar-refractivity contribution in [3.63, 3.8) is 0 Å². The predicted octanol–water partition coefficient (Wildman–Crippen LogP) is 5.46. The van der Waals surface area contributed by atoms with Crippen LogP contribution in [0.4, 0.5) is 13.2 Å². The molecule has 4 rings (SSSR count). The van der Waals surface area contributed by atoms with Crippen LogP contribution in [0.2, 0.25) is 0 Å². The van der Waals surface area contributed by atoms with Gasteiger partial charge in [-0.15, -0.1) is 0 Å². The van der Waals surface area contributed by atoms with Gasteiger partial charge in [0.25, 0.3) is 0 Å². The monoisotopic (exact) mass is 473 g/mol. The third-order valence-electron chi connectivity index (χ3n) is 6.24. The Morgan fingerprint density at radius 3 is 2.50 bits per heavy atom. The average Bonchev–Trinajstić information content (AvgIpc) is 2.80. The van der Waals surface area contributed by atoms with Crippen LogP contribution in [0.25, 0.3) is 21.9 Å². The van der Waals surface area contributed by atoms with Gasteiger partial charge in [-0.1, -0.05) is 36.4 Å². The minimum Gasteiger partial charge on any atom is -0.496 e. The summed E-state index contributed by atoms with van der Waals surface area (Å²) < 4.78 is 50.7. The van der Waals surface area contributed by atoms with E-state index in [2.05, 4.69) is 0 Å². The number of hydrogen-bond acceptors (Lipinski definition) is 4. The Kier molecular flexibility index (Phi) is 6.70. The molecule has 0 saturated heterocycles. The van der Waals surface area contributed by atoms with Crippen LogP contribution in [0.1, 0.15) is 23.1 Å². The van der Waals surface area contributed by atoms with E-state index in [0.717, 1.165) is 33.0 Å². The third kappa shape index (κ3) is 4.82. The molecule has 0 spiro atoms. The first-order valence-electron chi connectivity index (χ1n) is 11.0. The summed E-state index contributed by atoms with van der Waals surface area (Å²) in [6.45, 7) is -0.541. The molecule has 34 heavy (non-hydrogen) atoms. The van der Waals surface area contributed by atoms with Crippen LogP contribution in [0, 0.1) is 0 Å². The number of nitrogens with zero attached hydrogens (tertiary/aromatic N) is 1. The Balaban J connectivity index is 1.87. The molecule has 5 nitrogen and oxygen atoms in total. The number of hydrogen-bond donors (Lipinski definition) is 1. The van der Waals surface area contributed by atoms with E-state index < -0.39 is 18.7 Å². The van der Waals surface area contributed by atoms with E-state index in [4.69, 9.17) is 14.6 Å². The molecule has 1 aliphatic heterocycles. The fourth-order valence-corrected chi connectivity index (χ4v) is 4.79. The normalized spacial score (nSPS) is 14.1. The number of methoxy groups -OCH3 is 2. The second-order valence-corrected chi connectivity index (χ2v) is 8.41. The van der Waals surface area contributed by atoms with E-state index in [0.29, 0.717) is 36.4 Å². The molecule has 0 aliphatic carbocycles. The molecule has 3 aromatic rings. The fraction of sp³-hybridized carbons (Fsp3) is 0.346. The highest BCUT2D eigenvalue weighted by Crippen LogP contribution is 2.47. The Labute approximate surface area is 195 Å². The molecule has 0 fully saturated rings. The first-order valence-corrected chi connectivity index (χ1v) is 11.0. The van der Waals surface area contributed by atoms with Gasteiger partial charge in [-0.3, -0.25) is 9.69 Å². The lowest BCUT2D eigenvalue weighted by molar-refractivity contribution is -0.147. The van der Waals surface area contributed by atoms with Crippen LogP contribution in [0.3, 0.4) is 0 Å². The molecule has 1 heterocycles. The van der Waals surface area contributed by atoms with Crippen molar-refractivity contribution in [2.45, 2.75) is 32.0 Å². The molecular formula is C26H26F3NO4. The molecule has 3 aromatic carbocycles. The van der Waals surface area contributed by atoms with E-state index in [-0.39, 0.29) is 13.0 Å². The summed E-state index contributed by atoms with van der Waals surface area (Å²) in [7, 11) is 3.08. The zero-order valence-corrected chi connectivity index (χ0v) is 19.0. The van der Waals surface area contributed by atoms with Crippen molar-refractivity contribution in [1.82, 2.24) is 4.90 Å². The molecule has 0 aromatic heterocycles. The minimum atomic E-state index is -4.28. The molecule has 180 valence electrons. The number of carbonyl (C=O) groups is 1. The first kappa shape index (κ1) is 23.9. The van der Waals surface area contributed by atoms with Gasteiger partial charge in [0, 0.05) is 25.1 Å². The number of fused-ring (bicyclic) bond motifs is 2. The lowest BCUT2D eigenvalue weighted by atomic mass is 9.89. The molecule has 0 bridgehead atoms. The number of ether oxygens (including phenoxy) is 2. The smallest absolute Gasteiger partial charge is 0.401 e. The van der Waals surface area contributed by atoms with Crippen molar-refractivity contribution in [2.24, 2.45) is 0 Å². The number of benzene rings is 3. The van der Waals surface area contributed by atoms with E-state index in [9.17, 15) is 18.0 Å². The van der Waals surface area contributed by atoms with Crippen LogP contribution in [0.15, 0.2) is 42.5 Å². The largest absolute Gasteiger partial charge is 0.496 e. The molecule has 0 unspecified atom stereocenters. The lowest BCUT2D eigenvalue weighted by Gasteiger charge is -2.32. The summed E-state index contributed by atoms with van der Waals surface area (Å²) in [6, 6.07) is 13.4. The van der Waals surface area contributed by atoms with Gasteiger partial charge in [0.05, 0.1) is 26.3 Å². The molecule has 0 amide bonds. The highest BCUT2D eigenvalue weighted by Gasteiger charge is 2.34. The Morgan fingerprint density at radius 1 is 1.09 bits per heavy atom. The van der Waals surface area contributed by atoms with Gasteiger partial charge >= 0.3 is 12.1 Å². The number of aliphatic carboxylic acids is 1. The Hall–Kier alpha value is -3.26. The van der Waals surface area contributed by atoms with Crippen LogP contribution < -0.4 is 9.47 Å². The third-order valence-corrected chi connectivity index (χ3v) is 6.24. The van der Waals surface area contributed by atoms with Gasteiger partial charge in [-0.25, -0.2) is 0 Å². The van der Waals surface area contributed by atoms with E-state index >= 15 is 0 Å². The molecule has 0 radical (unpaired) electrons. The van der Waals surface area contributed by atoms with Crippen molar-refractivity contribution >= 4 is 16.7 Å². The fourth-order valence-electron chi connectivity index (χ4n) is 4.79. The van der Waals surface area contributed by atoms with Crippen molar-refractivity contribution in [3.05, 3.63) is 59.2 Å². The van der Waals surface area contributed by atoms with E-state index in [1.807, 2.05) is 42.5 Å². The number of halogens is 3. The molecule has 8 heteroatoms. The van der Waals surface area contributed by atoms with Crippen LogP contribution in [0.5, 0.6) is 11.5 Å². The van der Waals surface area contributed by atoms with Crippen LogP contribution in [-0.2, 0) is 24.2 Å². The van der Waals surface area contributed by atoms with E-state index in [1.54, 1.807) is 7.11 Å². The summed E-state index contributed by atoms with van der Waals surface area (Å²) >= 11 is 0. The van der Waals surface area contributed by atoms with Gasteiger partial charge in [0.1, 0.15) is 11.5 Å². The van der Waals surface area contributed by atoms with Gasteiger partial charge in [0.2, 0.25) is 0 Å². The second-order valence-electron chi connectivity index (χ2n) is 8.41. The number of aryl methyl sites for hydroxylation is 1. The molecule has 1 N–H and O–H groups in total. The molecule has 0 atom stereocenters. The number of carboxylic acid groups (broad SMARTS) is 1. The number of carboxylic acids is 1. The quantitative estimate of drug-likeness (QED) is 0.494. The Morgan fingerprint density at radius 2 is 1.82 bits per heavy atom. The van der Waals surface area contributed by atoms with Gasteiger partial charge in [0.15, 0.2) is 0 Å². The zero-order chi connectivity index (χ0) is 24.5. The maximum atomic E-state index is 13.1. The summed E-state index contributed by atoms with van der Waals surface area (Å²) in [5.41, 5.74) is 4.05. The summed E-state index contributed by atoms with van der Waals surface area (Å²) in [5.74, 6) is 0.225. The number of alkyl halides is 3. The maximum absolute atomic E-state index is 13.1. The van der Waals surface area contributed by atoms with Crippen LogP contribution >= 0.6 is 0 Å². The van der Waals surface area contributed by atoms with Crippen LogP contribution in [-0.4, -0.2) is 49.5 Å². The summed E-state index contributed by atoms with van der Waals surface area (Å²) in [4.78, 5) is 12.5. The van der Waals surface area contributed by atoms with E-state index in [1.165, 1.54) is 12.0 Å². The summed E-state index contributed by atoms with van der Waals surface area (Å²) in [6.07, 6.45) is -3.40. The van der Waals surface area contributed by atoms with Gasteiger partial charge in [-0.05, 0) is 46.4 Å². The van der Waals surface area contributed by atoms with Crippen molar-refractivity contribution in [3.8, 4) is 22.6 Å². The van der Waals surface area contributed by atoms with Crippen molar-refractivity contribution < 1.29 is 32.5 Å². The Bertz CT molecular complexity index is 1220. The standard InChI is InChI=1S/C26H26F3NO4/c1-33-22-13-17-11-12-30(15-26(27,28)29)14-21(17)25(34-2)24(22)20-8-4-6-18-16(9-10-23(31)32)5-3-7-19(18)20/h3-8,13H,9-12,14-15H2,1-2H3,(H,31,32).